The Morgan fingerprint density at radius 1 is 1.26 bits per heavy atom. The second-order valence-electron chi connectivity index (χ2n) is 4.97. The zero-order valence-corrected chi connectivity index (χ0v) is 12.9. The van der Waals surface area contributed by atoms with Crippen LogP contribution in [0.2, 0.25) is 0 Å². The molecule has 0 aliphatic rings. The van der Waals surface area contributed by atoms with Gasteiger partial charge in [0.25, 0.3) is 0 Å². The largest absolute Gasteiger partial charge is 0.390 e. The summed E-state index contributed by atoms with van der Waals surface area (Å²) in [6.45, 7) is 11.9. The summed E-state index contributed by atoms with van der Waals surface area (Å²) in [5, 5.41) is 15.9. The smallest absolute Gasteiger partial charge is 0.221 e. The van der Waals surface area contributed by atoms with Crippen LogP contribution < -0.4 is 10.6 Å². The second kappa shape index (κ2) is 11.2. The van der Waals surface area contributed by atoms with Crippen LogP contribution in [0.15, 0.2) is 0 Å². The van der Waals surface area contributed by atoms with Crippen molar-refractivity contribution in [1.82, 2.24) is 15.5 Å². The maximum Gasteiger partial charge on any atom is 0.221 e. The number of carbonyl (C=O) groups excluding carboxylic acids is 1. The van der Waals surface area contributed by atoms with E-state index in [-0.39, 0.29) is 18.1 Å². The number of rotatable bonds is 11. The first-order valence-corrected chi connectivity index (χ1v) is 7.43. The van der Waals surface area contributed by atoms with Crippen LogP contribution in [-0.2, 0) is 4.79 Å². The Balaban J connectivity index is 3.60. The molecule has 5 heteroatoms. The van der Waals surface area contributed by atoms with E-state index in [9.17, 15) is 9.90 Å². The van der Waals surface area contributed by atoms with Gasteiger partial charge in [-0.05, 0) is 26.4 Å². The molecule has 114 valence electrons. The van der Waals surface area contributed by atoms with Gasteiger partial charge in [0.1, 0.15) is 0 Å². The van der Waals surface area contributed by atoms with E-state index in [1.165, 1.54) is 0 Å². The van der Waals surface area contributed by atoms with Gasteiger partial charge >= 0.3 is 0 Å². The standard InChI is InChI=1S/C14H31N3O2/c1-5-12(4)16-14(19)8-9-15-10-13(18)11-17(6-2)7-3/h12-13,15,18H,5-11H2,1-4H3,(H,16,19). The zero-order valence-electron chi connectivity index (χ0n) is 12.9. The fourth-order valence-electron chi connectivity index (χ4n) is 1.76. The van der Waals surface area contributed by atoms with Gasteiger partial charge in [0.05, 0.1) is 6.10 Å². The highest BCUT2D eigenvalue weighted by atomic mass is 16.3. The van der Waals surface area contributed by atoms with Crippen molar-refractivity contribution in [2.45, 2.75) is 52.7 Å². The molecular formula is C14H31N3O2. The van der Waals surface area contributed by atoms with Gasteiger partial charge in [0.2, 0.25) is 5.91 Å². The molecule has 0 saturated carbocycles. The highest BCUT2D eigenvalue weighted by Crippen LogP contribution is 1.92. The predicted molar refractivity (Wildman–Crippen MR) is 79.2 cm³/mol. The van der Waals surface area contributed by atoms with Crippen molar-refractivity contribution >= 4 is 5.91 Å². The van der Waals surface area contributed by atoms with Crippen LogP contribution in [0.3, 0.4) is 0 Å². The third kappa shape index (κ3) is 9.87. The Morgan fingerprint density at radius 3 is 2.42 bits per heavy atom. The van der Waals surface area contributed by atoms with Gasteiger partial charge in [-0.15, -0.1) is 0 Å². The highest BCUT2D eigenvalue weighted by molar-refractivity contribution is 5.76. The van der Waals surface area contributed by atoms with Crippen molar-refractivity contribution in [2.75, 3.05) is 32.7 Å². The number of amides is 1. The van der Waals surface area contributed by atoms with E-state index >= 15 is 0 Å². The minimum absolute atomic E-state index is 0.0695. The molecule has 2 atom stereocenters. The maximum absolute atomic E-state index is 11.5. The SMILES string of the molecule is CCC(C)NC(=O)CCNCC(O)CN(CC)CC. The van der Waals surface area contributed by atoms with Gasteiger partial charge in [-0.25, -0.2) is 0 Å². The Bertz CT molecular complexity index is 233. The number of nitrogens with one attached hydrogen (secondary N) is 2. The number of likely N-dealkylation sites (N-methyl/N-ethyl adjacent to an activating group) is 1. The summed E-state index contributed by atoms with van der Waals surface area (Å²) in [7, 11) is 0. The molecule has 5 nitrogen and oxygen atoms in total. The van der Waals surface area contributed by atoms with E-state index in [4.69, 9.17) is 0 Å². The lowest BCUT2D eigenvalue weighted by atomic mass is 10.2. The molecule has 0 bridgehead atoms. The van der Waals surface area contributed by atoms with Gasteiger partial charge in [-0.2, -0.15) is 0 Å². The summed E-state index contributed by atoms with van der Waals surface area (Å²) >= 11 is 0. The fraction of sp³-hybridized carbons (Fsp3) is 0.929. The van der Waals surface area contributed by atoms with Gasteiger partial charge < -0.3 is 20.6 Å². The van der Waals surface area contributed by atoms with Gasteiger partial charge in [0, 0.05) is 32.1 Å². The molecule has 0 aromatic heterocycles. The van der Waals surface area contributed by atoms with Crippen molar-refractivity contribution < 1.29 is 9.90 Å². The normalized spacial score (nSPS) is 14.4. The molecule has 0 aromatic carbocycles. The number of aliphatic hydroxyl groups excluding tert-OH is 1. The monoisotopic (exact) mass is 273 g/mol. The van der Waals surface area contributed by atoms with E-state index in [1.807, 2.05) is 13.8 Å². The number of aliphatic hydroxyl groups is 1. The lowest BCUT2D eigenvalue weighted by Crippen LogP contribution is -2.39. The molecule has 0 saturated heterocycles. The van der Waals surface area contributed by atoms with Crippen LogP contribution in [0, 0.1) is 0 Å². The average Bonchev–Trinajstić information content (AvgIpc) is 2.40. The van der Waals surface area contributed by atoms with Crippen LogP contribution in [0.25, 0.3) is 0 Å². The van der Waals surface area contributed by atoms with Crippen molar-refractivity contribution in [3.63, 3.8) is 0 Å². The molecule has 0 aromatic rings. The van der Waals surface area contributed by atoms with Crippen molar-refractivity contribution in [2.24, 2.45) is 0 Å². The molecule has 0 fully saturated rings. The van der Waals surface area contributed by atoms with Crippen LogP contribution >= 0.6 is 0 Å². The van der Waals surface area contributed by atoms with Gasteiger partial charge in [-0.3, -0.25) is 4.79 Å². The quantitative estimate of drug-likeness (QED) is 0.482. The molecule has 0 aliphatic carbocycles. The van der Waals surface area contributed by atoms with Gasteiger partial charge in [-0.1, -0.05) is 20.8 Å². The van der Waals surface area contributed by atoms with E-state index in [1.54, 1.807) is 0 Å². The second-order valence-corrected chi connectivity index (χ2v) is 4.97. The summed E-state index contributed by atoms with van der Waals surface area (Å²) in [4.78, 5) is 13.7. The Morgan fingerprint density at radius 2 is 1.89 bits per heavy atom. The lowest BCUT2D eigenvalue weighted by molar-refractivity contribution is -0.121. The first kappa shape index (κ1) is 18.4. The van der Waals surface area contributed by atoms with Gasteiger partial charge in [0.15, 0.2) is 0 Å². The van der Waals surface area contributed by atoms with E-state index in [0.717, 1.165) is 19.5 Å². The average molecular weight is 273 g/mol. The summed E-state index contributed by atoms with van der Waals surface area (Å²) < 4.78 is 0. The third-order valence-electron chi connectivity index (χ3n) is 3.29. The first-order chi connectivity index (χ1) is 9.03. The van der Waals surface area contributed by atoms with Crippen LogP contribution in [0.4, 0.5) is 0 Å². The lowest BCUT2D eigenvalue weighted by Gasteiger charge is -2.22. The summed E-state index contributed by atoms with van der Waals surface area (Å²) in [5.74, 6) is 0.0695. The molecule has 1 amide bonds. The van der Waals surface area contributed by atoms with E-state index < -0.39 is 0 Å². The third-order valence-corrected chi connectivity index (χ3v) is 3.29. The van der Waals surface area contributed by atoms with Crippen LogP contribution in [-0.4, -0.2) is 60.8 Å². The number of hydrogen-bond donors (Lipinski definition) is 3. The minimum Gasteiger partial charge on any atom is -0.390 e. The Labute approximate surface area is 117 Å². The molecule has 3 N–H and O–H groups in total. The van der Waals surface area contributed by atoms with E-state index in [0.29, 0.717) is 26.1 Å². The molecule has 2 unspecified atom stereocenters. The molecule has 0 radical (unpaired) electrons. The van der Waals surface area contributed by atoms with Crippen LogP contribution in [0.1, 0.15) is 40.5 Å². The summed E-state index contributed by atoms with van der Waals surface area (Å²) in [6.07, 6.45) is 1.03. The Kier molecular flexibility index (Phi) is 10.8. The van der Waals surface area contributed by atoms with Crippen molar-refractivity contribution in [3.05, 3.63) is 0 Å². The molecule has 0 heterocycles. The predicted octanol–water partition coefficient (Wildman–Crippen LogP) is 0.584. The Hall–Kier alpha value is -0.650. The van der Waals surface area contributed by atoms with Crippen molar-refractivity contribution in [1.29, 1.82) is 0 Å². The van der Waals surface area contributed by atoms with Crippen LogP contribution in [0.5, 0.6) is 0 Å². The number of carbonyl (C=O) groups is 1. The zero-order chi connectivity index (χ0) is 14.7. The minimum atomic E-state index is -0.377. The number of nitrogens with zero attached hydrogens (tertiary/aromatic N) is 1. The maximum atomic E-state index is 11.5. The highest BCUT2D eigenvalue weighted by Gasteiger charge is 2.09. The summed E-state index contributed by atoms with van der Waals surface area (Å²) in [6, 6.07) is 0.237. The van der Waals surface area contributed by atoms with E-state index in [2.05, 4.69) is 29.4 Å². The molecule has 0 aliphatic heterocycles. The summed E-state index contributed by atoms with van der Waals surface area (Å²) in [5.41, 5.74) is 0. The first-order valence-electron chi connectivity index (χ1n) is 7.43. The molecule has 0 rings (SSSR count). The van der Waals surface area contributed by atoms with Crippen molar-refractivity contribution in [3.8, 4) is 0 Å². The molecular weight excluding hydrogens is 242 g/mol. The topological polar surface area (TPSA) is 64.6 Å². The molecule has 19 heavy (non-hydrogen) atoms. The fourth-order valence-corrected chi connectivity index (χ4v) is 1.76. The molecule has 0 spiro atoms. The number of hydrogen-bond acceptors (Lipinski definition) is 4.